The number of hydrogen-bond acceptors (Lipinski definition) is 1. The molecule has 0 N–H and O–H groups in total. The zero-order valence-corrected chi connectivity index (χ0v) is 9.51. The molecule has 1 aliphatic rings. The summed E-state index contributed by atoms with van der Waals surface area (Å²) in [5, 5.41) is 7.32. The lowest BCUT2D eigenvalue weighted by molar-refractivity contribution is 0.234. The van der Waals surface area contributed by atoms with Gasteiger partial charge in [-0.1, -0.05) is 33.6 Å². The summed E-state index contributed by atoms with van der Waals surface area (Å²) in [4.78, 5) is 0. The first kappa shape index (κ1) is 12.5. The molecule has 0 heterocycles. The minimum absolute atomic E-state index is 0.924. The van der Waals surface area contributed by atoms with E-state index in [1.807, 2.05) is 0 Å². The molecule has 1 nitrogen and oxygen atoms in total. The van der Waals surface area contributed by atoms with E-state index in [1.165, 1.54) is 32.6 Å². The molecule has 0 saturated heterocycles. The maximum absolute atomic E-state index is 7.32. The van der Waals surface area contributed by atoms with Crippen molar-refractivity contribution in [1.29, 1.82) is 5.26 Å². The Morgan fingerprint density at radius 3 is 1.85 bits per heavy atom. The predicted molar refractivity (Wildman–Crippen MR) is 57.2 cm³/mol. The van der Waals surface area contributed by atoms with Crippen molar-refractivity contribution in [3.63, 3.8) is 0 Å². The van der Waals surface area contributed by atoms with Crippen LogP contribution < -0.4 is 0 Å². The quantitative estimate of drug-likeness (QED) is 0.600. The van der Waals surface area contributed by atoms with Crippen molar-refractivity contribution in [2.75, 3.05) is 0 Å². The van der Waals surface area contributed by atoms with Gasteiger partial charge in [-0.2, -0.15) is 5.26 Å². The van der Waals surface area contributed by atoms with Gasteiger partial charge in [-0.25, -0.2) is 0 Å². The van der Waals surface area contributed by atoms with E-state index in [4.69, 9.17) is 5.26 Å². The van der Waals surface area contributed by atoms with Gasteiger partial charge in [-0.05, 0) is 30.6 Å². The molecule has 0 amide bonds. The van der Waals surface area contributed by atoms with Gasteiger partial charge in [0.25, 0.3) is 0 Å². The van der Waals surface area contributed by atoms with Crippen LogP contribution in [0.5, 0.6) is 0 Å². The Bertz CT molecular complexity index is 147. The molecule has 1 aliphatic carbocycles. The van der Waals surface area contributed by atoms with Crippen LogP contribution in [0.1, 0.15) is 53.4 Å². The van der Waals surface area contributed by atoms with Gasteiger partial charge in [0.2, 0.25) is 0 Å². The Hall–Kier alpha value is -0.510. The van der Waals surface area contributed by atoms with Crippen molar-refractivity contribution < 1.29 is 0 Å². The summed E-state index contributed by atoms with van der Waals surface area (Å²) in [6.45, 7) is 8.54. The fourth-order valence-corrected chi connectivity index (χ4v) is 1.95. The summed E-state index contributed by atoms with van der Waals surface area (Å²) in [6, 6.07) is 1.75. The highest BCUT2D eigenvalue weighted by Crippen LogP contribution is 2.32. The summed E-state index contributed by atoms with van der Waals surface area (Å²) >= 11 is 0. The van der Waals surface area contributed by atoms with E-state index in [0.29, 0.717) is 0 Å². The Balaban J connectivity index is 0.000000424. The maximum Gasteiger partial charge on any atom is 0.0587 e. The van der Waals surface area contributed by atoms with E-state index in [2.05, 4.69) is 20.8 Å². The number of rotatable bonds is 1. The number of nitriles is 1. The van der Waals surface area contributed by atoms with Crippen molar-refractivity contribution in [2.24, 2.45) is 17.8 Å². The monoisotopic (exact) mass is 181 g/mol. The molecule has 1 rings (SSSR count). The van der Waals surface area contributed by atoms with Crippen LogP contribution in [-0.4, -0.2) is 0 Å². The second-order valence-electron chi connectivity index (χ2n) is 4.49. The minimum Gasteiger partial charge on any atom is -0.199 e. The Kier molecular flexibility index (Phi) is 6.68. The molecule has 0 radical (unpaired) electrons. The highest BCUT2D eigenvalue weighted by Gasteiger charge is 2.19. The van der Waals surface area contributed by atoms with Crippen LogP contribution in [0.25, 0.3) is 0 Å². The summed E-state index contributed by atoms with van der Waals surface area (Å²) in [5.41, 5.74) is 0. The topological polar surface area (TPSA) is 23.8 Å². The lowest BCUT2D eigenvalue weighted by atomic mass is 9.78. The van der Waals surface area contributed by atoms with E-state index >= 15 is 0 Å². The van der Waals surface area contributed by atoms with E-state index in [9.17, 15) is 0 Å². The van der Waals surface area contributed by atoms with E-state index in [-0.39, 0.29) is 0 Å². The second kappa shape index (κ2) is 6.95. The van der Waals surface area contributed by atoms with Gasteiger partial charge in [0.15, 0.2) is 0 Å². The molecule has 0 aliphatic heterocycles. The van der Waals surface area contributed by atoms with Gasteiger partial charge in [-0.3, -0.25) is 0 Å². The molecule has 0 atom stereocenters. The largest absolute Gasteiger partial charge is 0.199 e. The predicted octanol–water partition coefficient (Wildman–Crippen LogP) is 4.00. The summed E-state index contributed by atoms with van der Waals surface area (Å²) in [7, 11) is 0. The fourth-order valence-electron chi connectivity index (χ4n) is 1.95. The average Bonchev–Trinajstić information content (AvgIpc) is 2.06. The van der Waals surface area contributed by atoms with Crippen LogP contribution in [0.4, 0.5) is 0 Å². The molecule has 0 aromatic heterocycles. The van der Waals surface area contributed by atoms with Crippen molar-refractivity contribution in [1.82, 2.24) is 0 Å². The van der Waals surface area contributed by atoms with Crippen molar-refractivity contribution >= 4 is 0 Å². The van der Waals surface area contributed by atoms with Crippen LogP contribution in [0.15, 0.2) is 0 Å². The molecule has 76 valence electrons. The molecule has 0 aromatic rings. The highest BCUT2D eigenvalue weighted by atomic mass is 14.3. The van der Waals surface area contributed by atoms with Crippen LogP contribution in [0.3, 0.4) is 0 Å². The van der Waals surface area contributed by atoms with Crippen molar-refractivity contribution in [3.05, 3.63) is 0 Å². The first-order chi connectivity index (χ1) is 6.11. The maximum atomic E-state index is 7.32. The molecule has 1 saturated carbocycles. The van der Waals surface area contributed by atoms with E-state index in [1.54, 1.807) is 6.07 Å². The molecule has 0 spiro atoms. The molecule has 13 heavy (non-hydrogen) atoms. The van der Waals surface area contributed by atoms with Gasteiger partial charge < -0.3 is 0 Å². The van der Waals surface area contributed by atoms with Crippen LogP contribution >= 0.6 is 0 Å². The van der Waals surface area contributed by atoms with Gasteiger partial charge in [0.1, 0.15) is 0 Å². The molecule has 0 bridgehead atoms. The van der Waals surface area contributed by atoms with Gasteiger partial charge in [0, 0.05) is 6.92 Å². The van der Waals surface area contributed by atoms with E-state index in [0.717, 1.165) is 17.8 Å². The molecule has 1 heteroatoms. The number of hydrogen-bond donors (Lipinski definition) is 0. The van der Waals surface area contributed by atoms with Crippen LogP contribution in [-0.2, 0) is 0 Å². The first-order valence-electron chi connectivity index (χ1n) is 5.42. The number of nitrogens with zero attached hydrogens (tertiary/aromatic N) is 1. The first-order valence-corrected chi connectivity index (χ1v) is 5.42. The average molecular weight is 181 g/mol. The third kappa shape index (κ3) is 5.69. The molecule has 1 fully saturated rings. The van der Waals surface area contributed by atoms with Crippen molar-refractivity contribution in [3.8, 4) is 6.07 Å². The SMILES string of the molecule is CC#N.CC1CCC(C(C)C)CC1. The zero-order chi connectivity index (χ0) is 10.3. The molecule has 0 aromatic carbocycles. The van der Waals surface area contributed by atoms with Crippen LogP contribution in [0, 0.1) is 29.1 Å². The standard InChI is InChI=1S/C10H20.C2H3N/c1-8(2)10-6-4-9(3)5-7-10;1-2-3/h8-10H,4-7H2,1-3H3;1H3. The van der Waals surface area contributed by atoms with Gasteiger partial charge >= 0.3 is 0 Å². The summed E-state index contributed by atoms with van der Waals surface area (Å²) in [6.07, 6.45) is 5.92. The lowest BCUT2D eigenvalue weighted by Gasteiger charge is -2.28. The van der Waals surface area contributed by atoms with Crippen LogP contribution in [0.2, 0.25) is 0 Å². The van der Waals surface area contributed by atoms with Crippen molar-refractivity contribution in [2.45, 2.75) is 53.4 Å². The van der Waals surface area contributed by atoms with E-state index < -0.39 is 0 Å². The minimum atomic E-state index is 0.924. The normalized spacial score (nSPS) is 27.4. The lowest BCUT2D eigenvalue weighted by Crippen LogP contribution is -2.16. The zero-order valence-electron chi connectivity index (χ0n) is 9.51. The van der Waals surface area contributed by atoms with Gasteiger partial charge in [0.05, 0.1) is 6.07 Å². The molecule has 0 unspecified atom stereocenters. The Morgan fingerprint density at radius 2 is 1.54 bits per heavy atom. The third-order valence-corrected chi connectivity index (χ3v) is 3.00. The summed E-state index contributed by atoms with van der Waals surface area (Å²) in [5.74, 6) is 2.97. The molecular formula is C12H23N. The van der Waals surface area contributed by atoms with Gasteiger partial charge in [-0.15, -0.1) is 0 Å². The smallest absolute Gasteiger partial charge is 0.0587 e. The highest BCUT2D eigenvalue weighted by molar-refractivity contribution is 4.71. The Morgan fingerprint density at radius 1 is 1.15 bits per heavy atom. The third-order valence-electron chi connectivity index (χ3n) is 3.00. The summed E-state index contributed by atoms with van der Waals surface area (Å²) < 4.78 is 0. The second-order valence-corrected chi connectivity index (χ2v) is 4.49. The Labute approximate surface area is 83.1 Å². The fraction of sp³-hybridized carbons (Fsp3) is 0.917. The molecular weight excluding hydrogens is 158 g/mol.